The second kappa shape index (κ2) is 5.10. The third-order valence-electron chi connectivity index (χ3n) is 2.44. The molecule has 20 heavy (non-hydrogen) atoms. The lowest BCUT2D eigenvalue weighted by Crippen LogP contribution is -2.27. The fraction of sp³-hybridized carbons (Fsp3) is 0.417. The largest absolute Gasteiger partial charge is 0.423 e. The van der Waals surface area contributed by atoms with Crippen LogP contribution in [-0.4, -0.2) is 10.8 Å². The van der Waals surface area contributed by atoms with Gasteiger partial charge in [0.1, 0.15) is 5.56 Å². The maximum atomic E-state index is 12.6. The number of nitrogens with zero attached hydrogens (tertiary/aromatic N) is 1. The number of alkyl halides is 3. The molecule has 0 bridgehead atoms. The first-order chi connectivity index (χ1) is 8.93. The van der Waals surface area contributed by atoms with E-state index < -0.39 is 33.7 Å². The van der Waals surface area contributed by atoms with Crippen LogP contribution in [0.1, 0.15) is 26.3 Å². The monoisotopic (exact) mass is 290 g/mol. The molecule has 0 aromatic heterocycles. The summed E-state index contributed by atoms with van der Waals surface area (Å²) >= 11 is 0. The molecule has 0 radical (unpaired) electrons. The zero-order valence-electron chi connectivity index (χ0n) is 11.0. The SMILES string of the molecule is CC(C)(C)C(=O)Nc1ccc(C(F)(F)F)c([N+](=O)[O-])c1. The van der Waals surface area contributed by atoms with E-state index in [1.165, 1.54) is 0 Å². The van der Waals surface area contributed by atoms with Gasteiger partial charge in [0, 0.05) is 17.2 Å². The van der Waals surface area contributed by atoms with Crippen molar-refractivity contribution in [2.24, 2.45) is 5.41 Å². The lowest BCUT2D eigenvalue weighted by Gasteiger charge is -2.18. The quantitative estimate of drug-likeness (QED) is 0.668. The maximum Gasteiger partial charge on any atom is 0.423 e. The van der Waals surface area contributed by atoms with Crippen LogP contribution in [0.15, 0.2) is 18.2 Å². The van der Waals surface area contributed by atoms with Gasteiger partial charge in [-0.05, 0) is 12.1 Å². The number of amides is 1. The molecule has 1 amide bonds. The molecule has 110 valence electrons. The van der Waals surface area contributed by atoms with Gasteiger partial charge >= 0.3 is 6.18 Å². The summed E-state index contributed by atoms with van der Waals surface area (Å²) in [7, 11) is 0. The number of hydrogen-bond acceptors (Lipinski definition) is 3. The number of halogens is 3. The molecule has 0 saturated carbocycles. The number of hydrogen-bond donors (Lipinski definition) is 1. The van der Waals surface area contributed by atoms with E-state index in [0.717, 1.165) is 6.07 Å². The Hall–Kier alpha value is -2.12. The minimum absolute atomic E-state index is 0.0513. The van der Waals surface area contributed by atoms with Crippen molar-refractivity contribution in [1.29, 1.82) is 0 Å². The van der Waals surface area contributed by atoms with Crippen LogP contribution in [0.25, 0.3) is 0 Å². The lowest BCUT2D eigenvalue weighted by atomic mass is 9.95. The van der Waals surface area contributed by atoms with Crippen LogP contribution in [-0.2, 0) is 11.0 Å². The van der Waals surface area contributed by atoms with Gasteiger partial charge in [0.2, 0.25) is 5.91 Å². The Labute approximate surface area is 112 Å². The molecular weight excluding hydrogens is 277 g/mol. The number of benzene rings is 1. The van der Waals surface area contributed by atoms with Crippen LogP contribution >= 0.6 is 0 Å². The number of nitrogens with one attached hydrogen (secondary N) is 1. The Morgan fingerprint density at radius 3 is 2.20 bits per heavy atom. The molecule has 5 nitrogen and oxygen atoms in total. The second-order valence-corrected chi connectivity index (χ2v) is 5.19. The molecule has 1 rings (SSSR count). The smallest absolute Gasteiger partial charge is 0.325 e. The third-order valence-corrected chi connectivity index (χ3v) is 2.44. The number of nitro groups is 1. The van der Waals surface area contributed by atoms with Crippen molar-refractivity contribution in [3.05, 3.63) is 33.9 Å². The van der Waals surface area contributed by atoms with Crippen LogP contribution in [0.3, 0.4) is 0 Å². The fourth-order valence-electron chi connectivity index (χ4n) is 1.32. The highest BCUT2D eigenvalue weighted by Gasteiger charge is 2.38. The second-order valence-electron chi connectivity index (χ2n) is 5.19. The number of nitro benzene ring substituents is 1. The predicted molar refractivity (Wildman–Crippen MR) is 66.2 cm³/mol. The summed E-state index contributed by atoms with van der Waals surface area (Å²) in [5.74, 6) is -0.452. The number of anilines is 1. The van der Waals surface area contributed by atoms with Crippen molar-refractivity contribution in [2.45, 2.75) is 26.9 Å². The molecule has 1 aromatic carbocycles. The molecule has 0 saturated heterocycles. The van der Waals surface area contributed by atoms with Crippen LogP contribution in [0.2, 0.25) is 0 Å². The van der Waals surface area contributed by atoms with E-state index >= 15 is 0 Å². The molecule has 0 heterocycles. The Morgan fingerprint density at radius 1 is 1.25 bits per heavy atom. The molecule has 0 fully saturated rings. The lowest BCUT2D eigenvalue weighted by molar-refractivity contribution is -0.388. The van der Waals surface area contributed by atoms with Crippen molar-refractivity contribution < 1.29 is 22.9 Å². The van der Waals surface area contributed by atoms with E-state index in [2.05, 4.69) is 5.32 Å². The van der Waals surface area contributed by atoms with Gasteiger partial charge in [-0.1, -0.05) is 20.8 Å². The summed E-state index contributed by atoms with van der Waals surface area (Å²) in [4.78, 5) is 21.3. The van der Waals surface area contributed by atoms with Crippen molar-refractivity contribution in [3.63, 3.8) is 0 Å². The molecule has 8 heteroatoms. The molecule has 1 aromatic rings. The van der Waals surface area contributed by atoms with Crippen molar-refractivity contribution >= 4 is 17.3 Å². The highest BCUT2D eigenvalue weighted by molar-refractivity contribution is 5.94. The van der Waals surface area contributed by atoms with Gasteiger partial charge in [0.25, 0.3) is 5.69 Å². The molecule has 0 spiro atoms. The van der Waals surface area contributed by atoms with Crippen LogP contribution < -0.4 is 5.32 Å². The zero-order valence-corrected chi connectivity index (χ0v) is 11.0. The van der Waals surface area contributed by atoms with Gasteiger partial charge in [0.15, 0.2) is 0 Å². The Morgan fingerprint density at radius 2 is 1.80 bits per heavy atom. The van der Waals surface area contributed by atoms with Gasteiger partial charge in [-0.3, -0.25) is 14.9 Å². The summed E-state index contributed by atoms with van der Waals surface area (Å²) in [6, 6.07) is 2.27. The van der Waals surface area contributed by atoms with Crippen LogP contribution in [0.5, 0.6) is 0 Å². The van der Waals surface area contributed by atoms with E-state index in [1.807, 2.05) is 0 Å². The summed E-state index contributed by atoms with van der Waals surface area (Å²) in [5, 5.41) is 13.0. The molecule has 1 N–H and O–H groups in total. The molecule has 0 aliphatic carbocycles. The van der Waals surface area contributed by atoms with Gasteiger partial charge in [-0.15, -0.1) is 0 Å². The first-order valence-corrected chi connectivity index (χ1v) is 5.60. The average Bonchev–Trinajstić information content (AvgIpc) is 2.25. The molecule has 0 aliphatic rings. The van der Waals surface area contributed by atoms with E-state index in [1.54, 1.807) is 20.8 Å². The molecule has 0 unspecified atom stereocenters. The van der Waals surface area contributed by atoms with Crippen LogP contribution in [0, 0.1) is 15.5 Å². The molecule has 0 aliphatic heterocycles. The van der Waals surface area contributed by atoms with Crippen molar-refractivity contribution in [1.82, 2.24) is 0 Å². The summed E-state index contributed by atoms with van der Waals surface area (Å²) < 4.78 is 37.8. The third kappa shape index (κ3) is 3.69. The minimum atomic E-state index is -4.82. The van der Waals surface area contributed by atoms with Gasteiger partial charge in [-0.2, -0.15) is 13.2 Å². The van der Waals surface area contributed by atoms with Gasteiger partial charge in [-0.25, -0.2) is 0 Å². The summed E-state index contributed by atoms with van der Waals surface area (Å²) in [5.41, 5.74) is -3.26. The van der Waals surface area contributed by atoms with Crippen molar-refractivity contribution in [2.75, 3.05) is 5.32 Å². The topological polar surface area (TPSA) is 72.2 Å². The minimum Gasteiger partial charge on any atom is -0.325 e. The summed E-state index contributed by atoms with van der Waals surface area (Å²) in [6.45, 7) is 4.84. The van der Waals surface area contributed by atoms with E-state index in [4.69, 9.17) is 0 Å². The van der Waals surface area contributed by atoms with E-state index in [0.29, 0.717) is 12.1 Å². The Balaban J connectivity index is 3.19. The normalized spacial score (nSPS) is 12.1. The first-order valence-electron chi connectivity index (χ1n) is 5.60. The molecule has 0 atom stereocenters. The Bertz CT molecular complexity index is 548. The fourth-order valence-corrected chi connectivity index (χ4v) is 1.32. The summed E-state index contributed by atoms with van der Waals surface area (Å²) in [6.07, 6.45) is -4.82. The van der Waals surface area contributed by atoms with Crippen LogP contribution in [0.4, 0.5) is 24.5 Å². The van der Waals surface area contributed by atoms with Gasteiger partial charge in [0.05, 0.1) is 4.92 Å². The van der Waals surface area contributed by atoms with Crippen molar-refractivity contribution in [3.8, 4) is 0 Å². The Kier molecular flexibility index (Phi) is 4.07. The maximum absolute atomic E-state index is 12.6. The first kappa shape index (κ1) is 15.9. The van der Waals surface area contributed by atoms with E-state index in [9.17, 15) is 28.1 Å². The number of rotatable bonds is 2. The highest BCUT2D eigenvalue weighted by atomic mass is 19.4. The zero-order chi connectivity index (χ0) is 15.7. The van der Waals surface area contributed by atoms with E-state index in [-0.39, 0.29) is 5.69 Å². The number of carbonyl (C=O) groups is 1. The number of carbonyl (C=O) groups excluding carboxylic acids is 1. The predicted octanol–water partition coefficient (Wildman–Crippen LogP) is 3.60. The molecular formula is C12H13F3N2O3. The average molecular weight is 290 g/mol. The van der Waals surface area contributed by atoms with Gasteiger partial charge < -0.3 is 5.32 Å². The standard InChI is InChI=1S/C12H13F3N2O3/c1-11(2,3)10(18)16-7-4-5-8(12(13,14)15)9(6-7)17(19)20/h4-6H,1-3H3,(H,16,18). The highest BCUT2D eigenvalue weighted by Crippen LogP contribution is 2.37.